The van der Waals surface area contributed by atoms with Crippen LogP contribution in [0.5, 0.6) is 0 Å². The van der Waals surface area contributed by atoms with Crippen molar-refractivity contribution in [1.82, 2.24) is 10.2 Å². The fourth-order valence-corrected chi connectivity index (χ4v) is 5.78. The molecule has 7 nitrogen and oxygen atoms in total. The van der Waals surface area contributed by atoms with Gasteiger partial charge in [0, 0.05) is 23.1 Å². The van der Waals surface area contributed by atoms with Gasteiger partial charge in [-0.25, -0.2) is 8.42 Å². The van der Waals surface area contributed by atoms with E-state index in [0.29, 0.717) is 6.54 Å². The third-order valence-electron chi connectivity index (χ3n) is 6.07. The number of amides is 2. The summed E-state index contributed by atoms with van der Waals surface area (Å²) in [5.74, 6) is -0.660. The topological polar surface area (TPSA) is 86.8 Å². The molecule has 1 unspecified atom stereocenters. The van der Waals surface area contributed by atoms with Crippen LogP contribution in [0.4, 0.5) is 5.69 Å². The maximum Gasteiger partial charge on any atom is 0.264 e. The van der Waals surface area contributed by atoms with E-state index in [0.717, 1.165) is 15.4 Å². The molecule has 10 heteroatoms. The smallest absolute Gasteiger partial charge is 0.264 e. The lowest BCUT2D eigenvalue weighted by molar-refractivity contribution is -0.139. The average molecular weight is 591 g/mol. The van der Waals surface area contributed by atoms with E-state index in [2.05, 4.69) is 5.32 Å². The minimum absolute atomic E-state index is 0.00864. The van der Waals surface area contributed by atoms with Crippen LogP contribution in [0.25, 0.3) is 0 Å². The average Bonchev–Trinajstić information content (AvgIpc) is 2.88. The third-order valence-corrected chi connectivity index (χ3v) is 8.30. The lowest BCUT2D eigenvalue weighted by Gasteiger charge is -2.32. The van der Waals surface area contributed by atoms with Crippen LogP contribution in [-0.4, -0.2) is 44.3 Å². The van der Waals surface area contributed by atoms with Crippen molar-refractivity contribution in [2.45, 2.75) is 45.2 Å². The Balaban J connectivity index is 2.03. The van der Waals surface area contributed by atoms with Gasteiger partial charge in [0.25, 0.3) is 10.0 Å². The van der Waals surface area contributed by atoms with Gasteiger partial charge in [-0.1, -0.05) is 85.1 Å². The van der Waals surface area contributed by atoms with Gasteiger partial charge in [-0.3, -0.25) is 13.9 Å². The zero-order chi connectivity index (χ0) is 28.7. The maximum atomic E-state index is 13.9. The van der Waals surface area contributed by atoms with Crippen molar-refractivity contribution >= 4 is 50.7 Å². The predicted octanol–water partition coefficient (Wildman–Crippen LogP) is 5.69. The van der Waals surface area contributed by atoms with E-state index in [1.807, 2.05) is 51.1 Å². The molecule has 2 amide bonds. The summed E-state index contributed by atoms with van der Waals surface area (Å²) in [6, 6.07) is 19.0. The Morgan fingerprint density at radius 1 is 0.897 bits per heavy atom. The molecule has 3 aromatic carbocycles. The lowest BCUT2D eigenvalue weighted by Crippen LogP contribution is -2.51. The molecule has 3 aromatic rings. The highest BCUT2D eigenvalue weighted by Gasteiger charge is 2.32. The summed E-state index contributed by atoms with van der Waals surface area (Å²) in [7, 11) is -4.21. The monoisotopic (exact) mass is 589 g/mol. The Hall–Kier alpha value is -3.07. The summed E-state index contributed by atoms with van der Waals surface area (Å²) in [6.45, 7) is 7.42. The normalized spacial score (nSPS) is 12.2. The fraction of sp³-hybridized carbons (Fsp3) is 0.310. The van der Waals surface area contributed by atoms with Gasteiger partial charge in [0.15, 0.2) is 0 Å². The van der Waals surface area contributed by atoms with Gasteiger partial charge >= 0.3 is 0 Å². The number of hydrogen-bond donors (Lipinski definition) is 1. The molecule has 0 spiro atoms. The highest BCUT2D eigenvalue weighted by atomic mass is 35.5. The molecule has 3 rings (SSSR count). The van der Waals surface area contributed by atoms with Gasteiger partial charge in [0.1, 0.15) is 12.6 Å². The molecule has 39 heavy (non-hydrogen) atoms. The number of benzene rings is 3. The summed E-state index contributed by atoms with van der Waals surface area (Å²) in [6.07, 6.45) is 0. The van der Waals surface area contributed by atoms with E-state index in [4.69, 9.17) is 23.2 Å². The number of sulfonamides is 1. The van der Waals surface area contributed by atoms with E-state index in [1.165, 1.54) is 35.2 Å². The number of hydrogen-bond acceptors (Lipinski definition) is 4. The number of halogens is 2. The van der Waals surface area contributed by atoms with Crippen LogP contribution in [0.15, 0.2) is 77.7 Å². The zero-order valence-corrected chi connectivity index (χ0v) is 24.7. The molecule has 0 saturated heterocycles. The number of nitrogens with zero attached hydrogens (tertiary/aromatic N) is 2. The van der Waals surface area contributed by atoms with E-state index >= 15 is 0 Å². The van der Waals surface area contributed by atoms with Crippen LogP contribution >= 0.6 is 23.2 Å². The molecule has 0 aliphatic heterocycles. The number of aryl methyl sites for hydroxylation is 1. The number of carbonyl (C=O) groups is 2. The lowest BCUT2D eigenvalue weighted by atomic mass is 10.1. The summed E-state index contributed by atoms with van der Waals surface area (Å²) < 4.78 is 28.7. The van der Waals surface area contributed by atoms with Crippen LogP contribution < -0.4 is 9.62 Å². The van der Waals surface area contributed by atoms with Crippen LogP contribution in [-0.2, 0) is 26.2 Å². The van der Waals surface area contributed by atoms with Gasteiger partial charge in [-0.2, -0.15) is 0 Å². The molecule has 0 bridgehead atoms. The zero-order valence-electron chi connectivity index (χ0n) is 22.4. The van der Waals surface area contributed by atoms with Crippen molar-refractivity contribution in [3.8, 4) is 0 Å². The number of nitrogens with one attached hydrogen (secondary N) is 1. The molecule has 0 aliphatic carbocycles. The van der Waals surface area contributed by atoms with Crippen molar-refractivity contribution in [1.29, 1.82) is 0 Å². The second-order valence-corrected chi connectivity index (χ2v) is 12.5. The molecular weight excluding hydrogens is 557 g/mol. The van der Waals surface area contributed by atoms with Crippen LogP contribution in [0.3, 0.4) is 0 Å². The molecule has 1 atom stereocenters. The second kappa shape index (κ2) is 13.3. The Bertz CT molecular complexity index is 1380. The van der Waals surface area contributed by atoms with Gasteiger partial charge in [-0.05, 0) is 55.7 Å². The van der Waals surface area contributed by atoms with Crippen molar-refractivity contribution < 1.29 is 18.0 Å². The Labute approximate surface area is 240 Å². The fourth-order valence-electron chi connectivity index (χ4n) is 3.86. The molecule has 0 radical (unpaired) electrons. The molecule has 0 saturated carbocycles. The van der Waals surface area contributed by atoms with E-state index < -0.39 is 28.5 Å². The maximum absolute atomic E-state index is 13.9. The molecule has 0 heterocycles. The first-order valence-electron chi connectivity index (χ1n) is 12.5. The summed E-state index contributed by atoms with van der Waals surface area (Å²) >= 11 is 12.4. The van der Waals surface area contributed by atoms with E-state index in [-0.39, 0.29) is 39.0 Å². The Morgan fingerprint density at radius 3 is 2.05 bits per heavy atom. The first-order valence-corrected chi connectivity index (χ1v) is 14.7. The predicted molar refractivity (Wildman–Crippen MR) is 156 cm³/mol. The van der Waals surface area contributed by atoms with Gasteiger partial charge in [0.2, 0.25) is 11.8 Å². The van der Waals surface area contributed by atoms with Crippen molar-refractivity contribution in [3.63, 3.8) is 0 Å². The highest BCUT2D eigenvalue weighted by molar-refractivity contribution is 7.92. The summed E-state index contributed by atoms with van der Waals surface area (Å²) in [5.41, 5.74) is 1.82. The van der Waals surface area contributed by atoms with Crippen molar-refractivity contribution in [2.24, 2.45) is 5.92 Å². The molecular formula is C29H33Cl2N3O4S. The van der Waals surface area contributed by atoms with Crippen molar-refractivity contribution in [2.75, 3.05) is 17.4 Å². The minimum atomic E-state index is -4.21. The Morgan fingerprint density at radius 2 is 1.49 bits per heavy atom. The van der Waals surface area contributed by atoms with Gasteiger partial charge in [-0.15, -0.1) is 0 Å². The van der Waals surface area contributed by atoms with Crippen LogP contribution in [0.1, 0.15) is 31.9 Å². The standard InChI is InChI=1S/C29H33Cl2N3O4S/c1-20(2)17-32-29(36)22(4)33(18-23-8-6-5-7-9-23)28(35)19-34(26-15-24(30)14-25(31)16-26)39(37,38)27-12-10-21(3)11-13-27/h5-16,20,22H,17-19H2,1-4H3,(H,32,36). The molecule has 1 N–H and O–H groups in total. The third kappa shape index (κ3) is 8.21. The van der Waals surface area contributed by atoms with Crippen LogP contribution in [0.2, 0.25) is 10.0 Å². The van der Waals surface area contributed by atoms with Gasteiger partial charge in [0.05, 0.1) is 10.6 Å². The highest BCUT2D eigenvalue weighted by Crippen LogP contribution is 2.30. The first-order chi connectivity index (χ1) is 18.4. The SMILES string of the molecule is Cc1ccc(S(=O)(=O)N(CC(=O)N(Cc2ccccc2)C(C)C(=O)NCC(C)C)c2cc(Cl)cc(Cl)c2)cc1. The Kier molecular flexibility index (Phi) is 10.4. The van der Waals surface area contributed by atoms with Crippen LogP contribution in [0, 0.1) is 12.8 Å². The molecule has 0 aliphatic rings. The van der Waals surface area contributed by atoms with E-state index in [1.54, 1.807) is 19.1 Å². The van der Waals surface area contributed by atoms with Gasteiger partial charge < -0.3 is 10.2 Å². The number of rotatable bonds is 11. The summed E-state index contributed by atoms with van der Waals surface area (Å²) in [4.78, 5) is 28.3. The quantitative estimate of drug-likeness (QED) is 0.311. The minimum Gasteiger partial charge on any atom is -0.354 e. The molecule has 0 fully saturated rings. The number of anilines is 1. The molecule has 208 valence electrons. The largest absolute Gasteiger partial charge is 0.354 e. The van der Waals surface area contributed by atoms with E-state index in [9.17, 15) is 18.0 Å². The first kappa shape index (κ1) is 30.5. The summed E-state index contributed by atoms with van der Waals surface area (Å²) in [5, 5.41) is 3.30. The van der Waals surface area contributed by atoms with Crippen molar-refractivity contribution in [3.05, 3.63) is 94.0 Å². The second-order valence-electron chi connectivity index (χ2n) is 9.77. The molecule has 0 aromatic heterocycles. The number of carbonyl (C=O) groups excluding carboxylic acids is 2.